The van der Waals surface area contributed by atoms with Crippen LogP contribution in [0, 0.1) is 13.7 Å². The fourth-order valence-electron chi connectivity index (χ4n) is 1.23. The van der Waals surface area contributed by atoms with Crippen LogP contribution in [0.1, 0.15) is 17.3 Å². The first-order valence-corrected chi connectivity index (χ1v) is 6.28. The van der Waals surface area contributed by atoms with Gasteiger partial charge in [-0.2, -0.15) is 0 Å². The zero-order valence-corrected chi connectivity index (χ0v) is 12.1. The van der Waals surface area contributed by atoms with E-state index in [4.69, 9.17) is 4.74 Å². The smallest absolute Gasteiger partial charge is 0.271 e. The van der Waals surface area contributed by atoms with Gasteiger partial charge in [-0.05, 0) is 35.6 Å². The molecule has 1 rings (SSSR count). The zero-order valence-electron chi connectivity index (χ0n) is 9.97. The van der Waals surface area contributed by atoms with E-state index in [0.29, 0.717) is 10.1 Å². The molecular formula is C11H13IN2O4. The van der Waals surface area contributed by atoms with Gasteiger partial charge in [0.25, 0.3) is 11.6 Å². The Balaban J connectivity index is 2.82. The third-order valence-electron chi connectivity index (χ3n) is 2.31. The normalized spacial score (nSPS) is 11.9. The van der Waals surface area contributed by atoms with Gasteiger partial charge in [-0.3, -0.25) is 14.9 Å². The number of ether oxygens (including phenoxy) is 1. The van der Waals surface area contributed by atoms with Gasteiger partial charge in [-0.25, -0.2) is 0 Å². The van der Waals surface area contributed by atoms with Crippen molar-refractivity contribution in [2.24, 2.45) is 0 Å². The van der Waals surface area contributed by atoms with Crippen LogP contribution in [-0.2, 0) is 4.74 Å². The maximum Gasteiger partial charge on any atom is 0.271 e. The van der Waals surface area contributed by atoms with Crippen LogP contribution in [0.4, 0.5) is 5.69 Å². The van der Waals surface area contributed by atoms with Crippen molar-refractivity contribution in [1.29, 1.82) is 0 Å². The Hall–Kier alpha value is -1.22. The van der Waals surface area contributed by atoms with E-state index < -0.39 is 4.92 Å². The number of hydrogen-bond donors (Lipinski definition) is 1. The van der Waals surface area contributed by atoms with Crippen molar-refractivity contribution < 1.29 is 14.5 Å². The number of nitro benzene ring substituents is 1. The molecule has 0 saturated heterocycles. The number of amides is 1. The largest absolute Gasteiger partial charge is 0.380 e. The topological polar surface area (TPSA) is 81.5 Å². The van der Waals surface area contributed by atoms with E-state index in [1.54, 1.807) is 13.2 Å². The summed E-state index contributed by atoms with van der Waals surface area (Å²) in [6, 6.07) is 4.27. The van der Waals surface area contributed by atoms with Crippen LogP contribution in [0.3, 0.4) is 0 Å². The van der Waals surface area contributed by atoms with Gasteiger partial charge in [-0.1, -0.05) is 0 Å². The lowest BCUT2D eigenvalue weighted by Crippen LogP contribution is -2.31. The average Bonchev–Trinajstić information content (AvgIpc) is 2.34. The molecule has 1 amide bonds. The first-order valence-electron chi connectivity index (χ1n) is 5.20. The summed E-state index contributed by atoms with van der Waals surface area (Å²) < 4.78 is 5.64. The molecule has 1 N–H and O–H groups in total. The molecule has 1 unspecified atom stereocenters. The number of non-ortho nitro benzene ring substituents is 1. The number of carbonyl (C=O) groups is 1. The molecule has 1 aromatic carbocycles. The Morgan fingerprint density at radius 2 is 2.22 bits per heavy atom. The number of carbonyl (C=O) groups excluding carboxylic acids is 1. The van der Waals surface area contributed by atoms with Crippen LogP contribution in [-0.4, -0.2) is 30.6 Å². The second-order valence-electron chi connectivity index (χ2n) is 3.71. The summed E-state index contributed by atoms with van der Waals surface area (Å²) in [4.78, 5) is 22.0. The molecule has 98 valence electrons. The monoisotopic (exact) mass is 364 g/mol. The lowest BCUT2D eigenvalue weighted by molar-refractivity contribution is -0.385. The summed E-state index contributed by atoms with van der Waals surface area (Å²) in [6.07, 6.45) is -0.105. The molecule has 0 aliphatic rings. The highest BCUT2D eigenvalue weighted by Gasteiger charge is 2.14. The molecule has 6 nitrogen and oxygen atoms in total. The third kappa shape index (κ3) is 4.22. The third-order valence-corrected chi connectivity index (χ3v) is 2.93. The van der Waals surface area contributed by atoms with Gasteiger partial charge in [0.15, 0.2) is 0 Å². The SMILES string of the molecule is COC(C)CNC(=O)c1cc(I)cc([N+](=O)[O-])c1. The molecule has 0 heterocycles. The van der Waals surface area contributed by atoms with Gasteiger partial charge in [0.1, 0.15) is 0 Å². The number of methoxy groups -OCH3 is 1. The van der Waals surface area contributed by atoms with Gasteiger partial charge < -0.3 is 10.1 Å². The lowest BCUT2D eigenvalue weighted by atomic mass is 10.2. The van der Waals surface area contributed by atoms with Crippen molar-refractivity contribution in [2.75, 3.05) is 13.7 Å². The van der Waals surface area contributed by atoms with Gasteiger partial charge >= 0.3 is 0 Å². The second-order valence-corrected chi connectivity index (χ2v) is 4.96. The van der Waals surface area contributed by atoms with Gasteiger partial charge in [-0.15, -0.1) is 0 Å². The van der Waals surface area contributed by atoms with Crippen molar-refractivity contribution >= 4 is 34.2 Å². The number of nitrogens with zero attached hydrogens (tertiary/aromatic N) is 1. The minimum atomic E-state index is -0.517. The molecular weight excluding hydrogens is 351 g/mol. The maximum absolute atomic E-state index is 11.8. The Kier molecular flexibility index (Phi) is 5.48. The Morgan fingerprint density at radius 1 is 1.56 bits per heavy atom. The fourth-order valence-corrected chi connectivity index (χ4v) is 1.89. The van der Waals surface area contributed by atoms with Gasteiger partial charge in [0, 0.05) is 34.9 Å². The molecule has 0 aliphatic heterocycles. The predicted molar refractivity (Wildman–Crippen MR) is 74.6 cm³/mol. The van der Waals surface area contributed by atoms with Crippen LogP contribution < -0.4 is 5.32 Å². The standard InChI is InChI=1S/C11H13IN2O4/c1-7(18-2)6-13-11(15)8-3-9(12)5-10(4-8)14(16)17/h3-5,7H,6H2,1-2H3,(H,13,15). The first kappa shape index (κ1) is 14.8. The number of hydrogen-bond acceptors (Lipinski definition) is 4. The molecule has 0 fully saturated rings. The first-order chi connectivity index (χ1) is 8.43. The number of nitrogens with one attached hydrogen (secondary N) is 1. The fraction of sp³-hybridized carbons (Fsp3) is 0.364. The molecule has 0 saturated carbocycles. The van der Waals surface area contributed by atoms with Crippen molar-refractivity contribution in [2.45, 2.75) is 13.0 Å². The average molecular weight is 364 g/mol. The van der Waals surface area contributed by atoms with E-state index in [-0.39, 0.29) is 23.3 Å². The molecule has 18 heavy (non-hydrogen) atoms. The molecule has 0 aromatic heterocycles. The van der Waals surface area contributed by atoms with E-state index in [9.17, 15) is 14.9 Å². The Labute approximate surface area is 118 Å². The number of nitro groups is 1. The van der Waals surface area contributed by atoms with E-state index in [0.717, 1.165) is 0 Å². The minimum Gasteiger partial charge on any atom is -0.380 e. The maximum atomic E-state index is 11.8. The summed E-state index contributed by atoms with van der Waals surface area (Å²) in [6.45, 7) is 2.17. The summed E-state index contributed by atoms with van der Waals surface area (Å²) >= 11 is 1.94. The number of benzene rings is 1. The van der Waals surface area contributed by atoms with E-state index in [2.05, 4.69) is 5.32 Å². The Bertz CT molecular complexity index is 464. The summed E-state index contributed by atoms with van der Waals surface area (Å²) in [5.41, 5.74) is 0.184. The van der Waals surface area contributed by atoms with Crippen LogP contribution >= 0.6 is 22.6 Å². The van der Waals surface area contributed by atoms with E-state index >= 15 is 0 Å². The van der Waals surface area contributed by atoms with E-state index in [1.807, 2.05) is 29.5 Å². The van der Waals surface area contributed by atoms with Crippen molar-refractivity contribution in [3.05, 3.63) is 37.4 Å². The molecule has 0 bridgehead atoms. The molecule has 0 spiro atoms. The van der Waals surface area contributed by atoms with Crippen molar-refractivity contribution in [1.82, 2.24) is 5.32 Å². The molecule has 1 atom stereocenters. The van der Waals surface area contributed by atoms with E-state index in [1.165, 1.54) is 12.1 Å². The van der Waals surface area contributed by atoms with Gasteiger partial charge in [0.2, 0.25) is 0 Å². The van der Waals surface area contributed by atoms with Crippen molar-refractivity contribution in [3.8, 4) is 0 Å². The lowest BCUT2D eigenvalue weighted by Gasteiger charge is -2.10. The van der Waals surface area contributed by atoms with Crippen LogP contribution in [0.5, 0.6) is 0 Å². The Morgan fingerprint density at radius 3 is 2.78 bits per heavy atom. The quantitative estimate of drug-likeness (QED) is 0.492. The van der Waals surface area contributed by atoms with Crippen LogP contribution in [0.2, 0.25) is 0 Å². The minimum absolute atomic E-state index is 0.0909. The zero-order chi connectivity index (χ0) is 13.7. The molecule has 1 aromatic rings. The highest BCUT2D eigenvalue weighted by molar-refractivity contribution is 14.1. The predicted octanol–water partition coefficient (Wildman–Crippen LogP) is 1.96. The molecule has 0 radical (unpaired) electrons. The molecule has 7 heteroatoms. The summed E-state index contributed by atoms with van der Waals surface area (Å²) in [7, 11) is 1.55. The van der Waals surface area contributed by atoms with Crippen molar-refractivity contribution in [3.63, 3.8) is 0 Å². The highest BCUT2D eigenvalue weighted by Crippen LogP contribution is 2.18. The summed E-state index contributed by atoms with van der Waals surface area (Å²) in [5, 5.41) is 13.3. The van der Waals surface area contributed by atoms with Gasteiger partial charge in [0.05, 0.1) is 11.0 Å². The number of rotatable bonds is 5. The van der Waals surface area contributed by atoms with Crippen LogP contribution in [0.25, 0.3) is 0 Å². The number of halogens is 1. The summed E-state index contributed by atoms with van der Waals surface area (Å²) in [5.74, 6) is -0.347. The molecule has 0 aliphatic carbocycles. The highest BCUT2D eigenvalue weighted by atomic mass is 127. The second kappa shape index (κ2) is 6.64. The van der Waals surface area contributed by atoms with Crippen LogP contribution in [0.15, 0.2) is 18.2 Å².